The number of hydrogen-bond donors (Lipinski definition) is 0. The number of imide groups is 1. The maximum Gasteiger partial charge on any atom is 0.326 e. The summed E-state index contributed by atoms with van der Waals surface area (Å²) in [6, 6.07) is 10.8. The second kappa shape index (κ2) is 8.24. The Morgan fingerprint density at radius 3 is 2.32 bits per heavy atom. The highest BCUT2D eigenvalue weighted by Gasteiger charge is 2.57. The molecule has 154 valence electrons. The number of likely N-dealkylation sites (N-methyl/N-ethyl adjacent to an activating group) is 1. The molecule has 2 aliphatic heterocycles. The highest BCUT2D eigenvalue weighted by molar-refractivity contribution is 6.03. The van der Waals surface area contributed by atoms with Crippen molar-refractivity contribution in [3.63, 3.8) is 0 Å². The van der Waals surface area contributed by atoms with Crippen molar-refractivity contribution >= 4 is 11.9 Å². The molecule has 2 heterocycles. The summed E-state index contributed by atoms with van der Waals surface area (Å²) in [4.78, 5) is 32.4. The molecular formula is C23H35N3O2. The van der Waals surface area contributed by atoms with Crippen LogP contribution in [0.5, 0.6) is 0 Å². The van der Waals surface area contributed by atoms with Crippen LogP contribution in [0.3, 0.4) is 0 Å². The van der Waals surface area contributed by atoms with Crippen molar-refractivity contribution in [1.82, 2.24) is 14.7 Å². The molecule has 0 bridgehead atoms. The summed E-state index contributed by atoms with van der Waals surface area (Å²) < 4.78 is 0. The number of urea groups is 1. The summed E-state index contributed by atoms with van der Waals surface area (Å²) >= 11 is 0. The third-order valence-corrected chi connectivity index (χ3v) is 6.67. The summed E-state index contributed by atoms with van der Waals surface area (Å²) in [6.07, 6.45) is 3.70. The fourth-order valence-corrected chi connectivity index (χ4v) is 5.28. The molecule has 5 nitrogen and oxygen atoms in total. The van der Waals surface area contributed by atoms with E-state index in [0.29, 0.717) is 12.1 Å². The average molecular weight is 386 g/mol. The molecule has 0 N–H and O–H groups in total. The Morgan fingerprint density at radius 2 is 1.71 bits per heavy atom. The van der Waals surface area contributed by atoms with E-state index in [1.807, 2.05) is 23.1 Å². The maximum atomic E-state index is 13.7. The minimum Gasteiger partial charge on any atom is -0.320 e. The summed E-state index contributed by atoms with van der Waals surface area (Å²) in [7, 11) is 1.65. The lowest BCUT2D eigenvalue weighted by Crippen LogP contribution is -2.69. The van der Waals surface area contributed by atoms with Crippen LogP contribution < -0.4 is 0 Å². The highest BCUT2D eigenvalue weighted by atomic mass is 16.2. The smallest absolute Gasteiger partial charge is 0.320 e. The van der Waals surface area contributed by atoms with E-state index < -0.39 is 5.41 Å². The predicted octanol–water partition coefficient (Wildman–Crippen LogP) is 3.88. The van der Waals surface area contributed by atoms with Gasteiger partial charge in [-0.3, -0.25) is 14.6 Å². The predicted molar refractivity (Wildman–Crippen MR) is 112 cm³/mol. The molecule has 0 unspecified atom stereocenters. The van der Waals surface area contributed by atoms with Crippen molar-refractivity contribution in [3.8, 4) is 0 Å². The molecule has 3 amide bonds. The molecule has 2 fully saturated rings. The van der Waals surface area contributed by atoms with Crippen molar-refractivity contribution < 1.29 is 9.59 Å². The van der Waals surface area contributed by atoms with Gasteiger partial charge in [0.25, 0.3) is 0 Å². The van der Waals surface area contributed by atoms with Gasteiger partial charge in [0.2, 0.25) is 5.91 Å². The average Bonchev–Trinajstić information content (AvgIpc) is 2.69. The Balaban J connectivity index is 2.07. The molecule has 0 spiro atoms. The molecule has 1 aromatic rings. The van der Waals surface area contributed by atoms with Gasteiger partial charge in [0, 0.05) is 32.2 Å². The summed E-state index contributed by atoms with van der Waals surface area (Å²) in [6.45, 7) is 10.4. The van der Waals surface area contributed by atoms with Crippen LogP contribution in [-0.2, 0) is 10.2 Å². The Bertz CT molecular complexity index is 695. The second-order valence-corrected chi connectivity index (χ2v) is 8.86. The van der Waals surface area contributed by atoms with Crippen LogP contribution in [0.1, 0.15) is 58.9 Å². The largest absolute Gasteiger partial charge is 0.326 e. The van der Waals surface area contributed by atoms with Crippen LogP contribution >= 0.6 is 0 Å². The van der Waals surface area contributed by atoms with Gasteiger partial charge in [0.05, 0.1) is 11.5 Å². The first-order chi connectivity index (χ1) is 13.3. The number of nitrogens with zero attached hydrogens (tertiary/aromatic N) is 3. The van der Waals surface area contributed by atoms with Gasteiger partial charge in [0.1, 0.15) is 0 Å². The van der Waals surface area contributed by atoms with Crippen molar-refractivity contribution in [2.75, 3.05) is 20.1 Å². The Hall–Kier alpha value is -1.88. The van der Waals surface area contributed by atoms with E-state index in [0.717, 1.165) is 44.3 Å². The quantitative estimate of drug-likeness (QED) is 0.746. The first-order valence-electron chi connectivity index (χ1n) is 10.7. The molecule has 0 radical (unpaired) electrons. The maximum absolute atomic E-state index is 13.7. The van der Waals surface area contributed by atoms with Gasteiger partial charge in [-0.15, -0.1) is 0 Å². The lowest BCUT2D eigenvalue weighted by atomic mass is 9.66. The second-order valence-electron chi connectivity index (χ2n) is 8.86. The van der Waals surface area contributed by atoms with E-state index in [9.17, 15) is 9.59 Å². The topological polar surface area (TPSA) is 43.9 Å². The van der Waals surface area contributed by atoms with Crippen molar-refractivity contribution in [2.24, 2.45) is 0 Å². The van der Waals surface area contributed by atoms with Crippen LogP contribution in [0.25, 0.3) is 0 Å². The summed E-state index contributed by atoms with van der Waals surface area (Å²) in [5.41, 5.74) is 0.371. The first kappa shape index (κ1) is 20.8. The van der Waals surface area contributed by atoms with E-state index in [1.54, 1.807) is 7.05 Å². The van der Waals surface area contributed by atoms with Gasteiger partial charge in [-0.1, -0.05) is 30.3 Å². The van der Waals surface area contributed by atoms with Crippen LogP contribution in [0.15, 0.2) is 30.3 Å². The lowest BCUT2D eigenvalue weighted by molar-refractivity contribution is -0.142. The van der Waals surface area contributed by atoms with Gasteiger partial charge in [-0.2, -0.15) is 0 Å². The molecular weight excluding hydrogens is 350 g/mol. The monoisotopic (exact) mass is 385 g/mol. The molecule has 2 aliphatic rings. The number of carbonyl (C=O) groups excluding carboxylic acids is 2. The Kier molecular flexibility index (Phi) is 6.13. The fourth-order valence-electron chi connectivity index (χ4n) is 5.28. The zero-order chi connectivity index (χ0) is 20.5. The molecule has 5 heteroatoms. The van der Waals surface area contributed by atoms with Crippen LogP contribution in [0.4, 0.5) is 4.79 Å². The Labute approximate surface area is 169 Å². The molecule has 3 rings (SSSR count). The zero-order valence-electron chi connectivity index (χ0n) is 18.0. The number of rotatable bonds is 6. The standard InChI is InChI=1S/C23H35N3O2/c1-17(2)25(18(3)4)16-14-23(19-11-7-6-8-12-19)20-13-9-10-15-26(20)22(28)24(5)21(23)27/h6-8,11-12,17-18,20H,9-10,13-16H2,1-5H3/t20-,23+/m1/s1. The lowest BCUT2D eigenvalue weighted by Gasteiger charge is -2.54. The molecule has 2 atom stereocenters. The summed E-state index contributed by atoms with van der Waals surface area (Å²) in [5.74, 6) is -0.0423. The van der Waals surface area contributed by atoms with Crippen LogP contribution in [-0.4, -0.2) is 64.9 Å². The van der Waals surface area contributed by atoms with Gasteiger partial charge < -0.3 is 4.90 Å². The number of benzene rings is 1. The SMILES string of the molecule is CC(C)N(CC[C@@]1(c2ccccc2)C(=O)N(C)C(=O)N2CCCC[C@@H]21)C(C)C. The molecule has 0 saturated carbocycles. The van der Waals surface area contributed by atoms with Gasteiger partial charge in [-0.25, -0.2) is 4.79 Å². The van der Waals surface area contributed by atoms with E-state index in [1.165, 1.54) is 4.90 Å². The number of carbonyl (C=O) groups is 2. The van der Waals surface area contributed by atoms with Gasteiger partial charge in [0.15, 0.2) is 0 Å². The number of hydrogen-bond acceptors (Lipinski definition) is 3. The minimum absolute atomic E-state index is 0.0423. The number of piperidine rings is 1. The molecule has 0 aromatic heterocycles. The summed E-state index contributed by atoms with van der Waals surface area (Å²) in [5, 5.41) is 0. The third-order valence-electron chi connectivity index (χ3n) is 6.67. The van der Waals surface area contributed by atoms with E-state index in [4.69, 9.17) is 0 Å². The first-order valence-corrected chi connectivity index (χ1v) is 10.7. The van der Waals surface area contributed by atoms with Crippen molar-refractivity contribution in [1.29, 1.82) is 0 Å². The highest BCUT2D eigenvalue weighted by Crippen LogP contribution is 2.44. The zero-order valence-corrected chi connectivity index (χ0v) is 18.0. The molecule has 1 aromatic carbocycles. The number of amides is 3. The molecule has 2 saturated heterocycles. The van der Waals surface area contributed by atoms with Crippen molar-refractivity contribution in [3.05, 3.63) is 35.9 Å². The minimum atomic E-state index is -0.674. The normalized spacial score (nSPS) is 25.8. The molecule has 0 aliphatic carbocycles. The van der Waals surface area contributed by atoms with E-state index in [-0.39, 0.29) is 18.0 Å². The fraction of sp³-hybridized carbons (Fsp3) is 0.652. The van der Waals surface area contributed by atoms with Crippen molar-refractivity contribution in [2.45, 2.75) is 76.9 Å². The number of fused-ring (bicyclic) bond motifs is 1. The van der Waals surface area contributed by atoms with Gasteiger partial charge >= 0.3 is 6.03 Å². The molecule has 28 heavy (non-hydrogen) atoms. The van der Waals surface area contributed by atoms with E-state index in [2.05, 4.69) is 44.7 Å². The van der Waals surface area contributed by atoms with Gasteiger partial charge in [-0.05, 0) is 58.9 Å². The van der Waals surface area contributed by atoms with Crippen LogP contribution in [0.2, 0.25) is 0 Å². The van der Waals surface area contributed by atoms with Crippen LogP contribution in [0, 0.1) is 0 Å². The Morgan fingerprint density at radius 1 is 1.07 bits per heavy atom. The van der Waals surface area contributed by atoms with E-state index >= 15 is 0 Å². The third kappa shape index (κ3) is 3.45.